The van der Waals surface area contributed by atoms with Gasteiger partial charge in [0.15, 0.2) is 0 Å². The number of carbonyl (C=O) groups is 1. The molecule has 0 saturated heterocycles. The van der Waals surface area contributed by atoms with Gasteiger partial charge in [-0.2, -0.15) is 0 Å². The van der Waals surface area contributed by atoms with Gasteiger partial charge in [-0.05, 0) is 75.3 Å². The van der Waals surface area contributed by atoms with E-state index < -0.39 is 11.7 Å². The number of carbonyl (C=O) groups excluding carboxylic acids is 1. The maximum Gasteiger partial charge on any atom is 0.338 e. The molecule has 0 aromatic heterocycles. The van der Waals surface area contributed by atoms with Gasteiger partial charge in [-0.25, -0.2) is 4.79 Å². The van der Waals surface area contributed by atoms with E-state index in [-0.39, 0.29) is 30.2 Å². The Morgan fingerprint density at radius 3 is 2.66 bits per heavy atom. The molecular formula is C27H40O5. The quantitative estimate of drug-likeness (QED) is 0.315. The number of ether oxygens (including phenoxy) is 3. The Morgan fingerprint density at radius 1 is 1.25 bits per heavy atom. The summed E-state index contributed by atoms with van der Waals surface area (Å²) in [6.45, 7) is 8.63. The van der Waals surface area contributed by atoms with Crippen molar-refractivity contribution in [1.29, 1.82) is 0 Å². The van der Waals surface area contributed by atoms with Gasteiger partial charge in [0.1, 0.15) is 12.9 Å². The number of hydrogen-bond acceptors (Lipinski definition) is 5. The predicted octanol–water partition coefficient (Wildman–Crippen LogP) is 5.38. The third-order valence-corrected chi connectivity index (χ3v) is 7.82. The zero-order chi connectivity index (χ0) is 23.4. The van der Waals surface area contributed by atoms with Crippen LogP contribution in [0, 0.1) is 23.2 Å². The zero-order valence-electron chi connectivity index (χ0n) is 20.3. The second-order valence-electron chi connectivity index (χ2n) is 10.4. The maximum absolute atomic E-state index is 12.7. The molecule has 2 fully saturated rings. The van der Waals surface area contributed by atoms with E-state index in [1.54, 1.807) is 7.11 Å². The summed E-state index contributed by atoms with van der Waals surface area (Å²) in [6, 6.07) is 9.26. The number of esters is 1. The van der Waals surface area contributed by atoms with Crippen LogP contribution in [0.4, 0.5) is 0 Å². The van der Waals surface area contributed by atoms with Crippen molar-refractivity contribution in [2.24, 2.45) is 23.2 Å². The molecule has 0 amide bonds. The van der Waals surface area contributed by atoms with Crippen LogP contribution in [-0.4, -0.2) is 42.8 Å². The van der Waals surface area contributed by atoms with E-state index in [1.165, 1.54) is 0 Å². The molecule has 1 aromatic carbocycles. The Morgan fingerprint density at radius 2 is 1.97 bits per heavy atom. The molecule has 2 saturated carbocycles. The van der Waals surface area contributed by atoms with Crippen molar-refractivity contribution in [3.63, 3.8) is 0 Å². The highest BCUT2D eigenvalue weighted by Gasteiger charge is 2.54. The number of hydrogen-bond donors (Lipinski definition) is 1. The second-order valence-corrected chi connectivity index (χ2v) is 10.4. The van der Waals surface area contributed by atoms with Crippen molar-refractivity contribution in [2.45, 2.75) is 77.6 Å². The van der Waals surface area contributed by atoms with E-state index in [2.05, 4.69) is 13.8 Å². The molecule has 0 spiro atoms. The summed E-state index contributed by atoms with van der Waals surface area (Å²) in [5, 5.41) is 11.0. The summed E-state index contributed by atoms with van der Waals surface area (Å²) in [5.41, 5.74) is 0.179. The van der Waals surface area contributed by atoms with Crippen molar-refractivity contribution in [3.8, 4) is 0 Å². The molecule has 5 nitrogen and oxygen atoms in total. The average molecular weight is 445 g/mol. The van der Waals surface area contributed by atoms with E-state index in [9.17, 15) is 9.90 Å². The van der Waals surface area contributed by atoms with Crippen molar-refractivity contribution < 1.29 is 24.1 Å². The van der Waals surface area contributed by atoms with Crippen molar-refractivity contribution >= 4 is 5.97 Å². The van der Waals surface area contributed by atoms with Gasteiger partial charge in [0.2, 0.25) is 0 Å². The van der Waals surface area contributed by atoms with Gasteiger partial charge >= 0.3 is 5.97 Å². The maximum atomic E-state index is 12.7. The van der Waals surface area contributed by atoms with Crippen LogP contribution in [-0.2, 0) is 14.2 Å². The first-order valence-corrected chi connectivity index (χ1v) is 11.9. The molecule has 0 aliphatic heterocycles. The van der Waals surface area contributed by atoms with Crippen LogP contribution in [0.1, 0.15) is 70.2 Å². The third kappa shape index (κ3) is 5.62. The van der Waals surface area contributed by atoms with E-state index >= 15 is 0 Å². The zero-order valence-corrected chi connectivity index (χ0v) is 20.3. The minimum Gasteiger partial charge on any atom is -0.458 e. The molecule has 6 atom stereocenters. The van der Waals surface area contributed by atoms with Gasteiger partial charge in [0, 0.05) is 13.0 Å². The Kier molecular flexibility index (Phi) is 8.18. The van der Waals surface area contributed by atoms with Gasteiger partial charge in [-0.15, -0.1) is 0 Å². The van der Waals surface area contributed by atoms with Crippen LogP contribution in [0.15, 0.2) is 42.5 Å². The van der Waals surface area contributed by atoms with Crippen LogP contribution < -0.4 is 0 Å². The number of methoxy groups -OCH3 is 1. The number of aliphatic hydroxyl groups excluding tert-OH is 1. The van der Waals surface area contributed by atoms with E-state index in [1.807, 2.05) is 56.3 Å². The highest BCUT2D eigenvalue weighted by atomic mass is 16.7. The van der Waals surface area contributed by atoms with Gasteiger partial charge in [0.25, 0.3) is 0 Å². The molecule has 0 radical (unpaired) electrons. The summed E-state index contributed by atoms with van der Waals surface area (Å²) in [5.74, 6) is 0.614. The lowest BCUT2D eigenvalue weighted by Gasteiger charge is -2.46. The topological polar surface area (TPSA) is 65.0 Å². The van der Waals surface area contributed by atoms with Crippen LogP contribution in [0.25, 0.3) is 0 Å². The van der Waals surface area contributed by atoms with Gasteiger partial charge in [-0.3, -0.25) is 0 Å². The van der Waals surface area contributed by atoms with Gasteiger partial charge in [-0.1, -0.05) is 44.2 Å². The fourth-order valence-electron chi connectivity index (χ4n) is 5.95. The Bertz CT molecular complexity index is 774. The molecule has 1 aromatic rings. The lowest BCUT2D eigenvalue weighted by molar-refractivity contribution is -0.0924. The lowest BCUT2D eigenvalue weighted by Crippen LogP contribution is -2.44. The third-order valence-electron chi connectivity index (χ3n) is 7.82. The number of rotatable bonds is 9. The number of benzene rings is 1. The second kappa shape index (κ2) is 10.5. The highest BCUT2D eigenvalue weighted by Crippen LogP contribution is 2.58. The fourth-order valence-corrected chi connectivity index (χ4v) is 5.95. The van der Waals surface area contributed by atoms with Gasteiger partial charge < -0.3 is 19.3 Å². The van der Waals surface area contributed by atoms with Crippen LogP contribution >= 0.6 is 0 Å². The minimum atomic E-state index is -0.548. The summed E-state index contributed by atoms with van der Waals surface area (Å²) < 4.78 is 16.7. The van der Waals surface area contributed by atoms with Gasteiger partial charge in [0.05, 0.1) is 17.3 Å². The van der Waals surface area contributed by atoms with E-state index in [4.69, 9.17) is 14.2 Å². The first-order chi connectivity index (χ1) is 15.2. The average Bonchev–Trinajstić information content (AvgIpc) is 3.14. The first-order valence-electron chi connectivity index (χ1n) is 11.9. The van der Waals surface area contributed by atoms with Crippen LogP contribution in [0.2, 0.25) is 0 Å². The molecule has 178 valence electrons. The molecule has 0 unspecified atom stereocenters. The summed E-state index contributed by atoms with van der Waals surface area (Å²) in [7, 11) is 1.60. The Balaban J connectivity index is 1.66. The molecule has 5 heteroatoms. The molecule has 3 rings (SSSR count). The standard InChI is InChI=1S/C27H40O5/c1-19(23(28)15-17-26(2,3)31-18-30-5)21-13-14-22-24(12-9-16-27(21,22)4)32-25(29)20-10-7-6-8-11-20/h6-8,10-11,15,17,19,21-24,28H,9,12-14,16,18H2,1-5H3/b17-15-/t19-,21+,22-,23+,24-,27+/m0/s1. The van der Waals surface area contributed by atoms with Crippen LogP contribution in [0.5, 0.6) is 0 Å². The summed E-state index contributed by atoms with van der Waals surface area (Å²) >= 11 is 0. The molecule has 0 bridgehead atoms. The van der Waals surface area contributed by atoms with E-state index in [0.717, 1.165) is 32.1 Å². The minimum absolute atomic E-state index is 0.0484. The Labute approximate surface area is 193 Å². The lowest BCUT2D eigenvalue weighted by atomic mass is 9.61. The number of fused-ring (bicyclic) bond motifs is 1. The first kappa shape index (κ1) is 24.9. The molecule has 1 N–H and O–H groups in total. The monoisotopic (exact) mass is 444 g/mol. The smallest absolute Gasteiger partial charge is 0.338 e. The highest BCUT2D eigenvalue weighted by molar-refractivity contribution is 5.89. The van der Waals surface area contributed by atoms with Crippen molar-refractivity contribution in [3.05, 3.63) is 48.0 Å². The Hall–Kier alpha value is -1.69. The summed E-state index contributed by atoms with van der Waals surface area (Å²) in [4.78, 5) is 12.7. The molecule has 32 heavy (non-hydrogen) atoms. The van der Waals surface area contributed by atoms with Crippen molar-refractivity contribution in [2.75, 3.05) is 13.9 Å². The predicted molar refractivity (Wildman–Crippen MR) is 125 cm³/mol. The van der Waals surface area contributed by atoms with Crippen molar-refractivity contribution in [1.82, 2.24) is 0 Å². The molecule has 0 heterocycles. The fraction of sp³-hybridized carbons (Fsp3) is 0.667. The van der Waals surface area contributed by atoms with E-state index in [0.29, 0.717) is 17.4 Å². The van der Waals surface area contributed by atoms with Crippen LogP contribution in [0.3, 0.4) is 0 Å². The largest absolute Gasteiger partial charge is 0.458 e. The normalized spacial score (nSPS) is 30.1. The molecular weight excluding hydrogens is 404 g/mol. The molecule has 2 aliphatic carbocycles. The SMILES string of the molecule is COCOC(C)(C)/C=C\[C@@H](O)[C@@H](C)[C@H]1CC[C@H]2[C@@H](OC(=O)c3ccccc3)CCC[C@]12C. The summed E-state index contributed by atoms with van der Waals surface area (Å²) in [6.07, 6.45) is 8.37. The number of aliphatic hydroxyl groups is 1. The molecule has 2 aliphatic rings.